The molecule has 3 rings (SSSR count). The Morgan fingerprint density at radius 2 is 1.82 bits per heavy atom. The molecule has 0 spiro atoms. The van der Waals surface area contributed by atoms with Gasteiger partial charge in [0, 0.05) is 11.7 Å². The van der Waals surface area contributed by atoms with Crippen LogP contribution in [0.25, 0.3) is 10.9 Å². The Kier molecular flexibility index (Phi) is 5.49. The lowest BCUT2D eigenvalue weighted by molar-refractivity contribution is -0.116. The normalized spacial score (nSPS) is 12.1. The number of carbonyl (C=O) groups is 1. The van der Waals surface area contributed by atoms with Crippen molar-refractivity contribution in [3.63, 3.8) is 0 Å². The number of anilines is 1. The molecule has 1 aromatic heterocycles. The summed E-state index contributed by atoms with van der Waals surface area (Å²) in [6.45, 7) is 7.46. The van der Waals surface area contributed by atoms with Crippen LogP contribution in [0.5, 0.6) is 0 Å². The SMILES string of the molecule is CC[C@@H](C)n1c(=O)c2ccccc2n(CC(=O)Nc2cc(C)ccc2C)c1=O. The predicted molar refractivity (Wildman–Crippen MR) is 112 cm³/mol. The zero-order valence-corrected chi connectivity index (χ0v) is 16.7. The van der Waals surface area contributed by atoms with E-state index in [-0.39, 0.29) is 24.1 Å². The summed E-state index contributed by atoms with van der Waals surface area (Å²) >= 11 is 0. The number of rotatable bonds is 5. The van der Waals surface area contributed by atoms with E-state index in [1.807, 2.05) is 45.9 Å². The molecule has 146 valence electrons. The lowest BCUT2D eigenvalue weighted by Gasteiger charge is -2.17. The van der Waals surface area contributed by atoms with Crippen LogP contribution in [0.3, 0.4) is 0 Å². The summed E-state index contributed by atoms with van der Waals surface area (Å²) in [6.07, 6.45) is 0.641. The molecular formula is C22H25N3O3. The monoisotopic (exact) mass is 379 g/mol. The standard InChI is InChI=1S/C22H25N3O3/c1-5-16(4)25-21(27)17-8-6-7-9-19(17)24(22(25)28)13-20(26)23-18-12-14(2)10-11-15(18)3/h6-12,16H,5,13H2,1-4H3,(H,23,26)/t16-/m1/s1. The molecule has 28 heavy (non-hydrogen) atoms. The van der Waals surface area contributed by atoms with E-state index >= 15 is 0 Å². The van der Waals surface area contributed by atoms with Crippen molar-refractivity contribution in [2.24, 2.45) is 0 Å². The molecular weight excluding hydrogens is 354 g/mol. The van der Waals surface area contributed by atoms with Crippen LogP contribution in [-0.2, 0) is 11.3 Å². The Labute approximate surface area is 163 Å². The van der Waals surface area contributed by atoms with Crippen LogP contribution in [0.2, 0.25) is 0 Å². The van der Waals surface area contributed by atoms with Gasteiger partial charge in [-0.15, -0.1) is 0 Å². The molecule has 0 saturated carbocycles. The van der Waals surface area contributed by atoms with E-state index in [0.29, 0.717) is 17.3 Å². The number of carbonyl (C=O) groups excluding carboxylic acids is 1. The molecule has 6 heteroatoms. The van der Waals surface area contributed by atoms with Gasteiger partial charge in [0.1, 0.15) is 6.54 Å². The zero-order chi connectivity index (χ0) is 20.4. The zero-order valence-electron chi connectivity index (χ0n) is 16.7. The molecule has 0 fully saturated rings. The van der Waals surface area contributed by atoms with Gasteiger partial charge in [0.25, 0.3) is 5.56 Å². The third-order valence-corrected chi connectivity index (χ3v) is 5.08. The minimum atomic E-state index is -0.464. The smallest absolute Gasteiger partial charge is 0.324 e. The Morgan fingerprint density at radius 3 is 2.54 bits per heavy atom. The second-order valence-corrected chi connectivity index (χ2v) is 7.18. The fourth-order valence-corrected chi connectivity index (χ4v) is 3.27. The Bertz CT molecular complexity index is 1160. The van der Waals surface area contributed by atoms with Crippen LogP contribution in [0, 0.1) is 13.8 Å². The number of nitrogens with one attached hydrogen (secondary N) is 1. The first-order valence-corrected chi connectivity index (χ1v) is 9.44. The predicted octanol–water partition coefficient (Wildman–Crippen LogP) is 3.39. The number of para-hydroxylation sites is 1. The largest absolute Gasteiger partial charge is 0.332 e. The lowest BCUT2D eigenvalue weighted by atomic mass is 10.1. The molecule has 3 aromatic rings. The van der Waals surface area contributed by atoms with Crippen molar-refractivity contribution in [1.29, 1.82) is 0 Å². The highest BCUT2D eigenvalue weighted by atomic mass is 16.2. The topological polar surface area (TPSA) is 73.1 Å². The van der Waals surface area contributed by atoms with Crippen LogP contribution in [0.1, 0.15) is 37.4 Å². The molecule has 1 amide bonds. The van der Waals surface area contributed by atoms with Gasteiger partial charge in [0.05, 0.1) is 10.9 Å². The van der Waals surface area contributed by atoms with Gasteiger partial charge >= 0.3 is 5.69 Å². The maximum atomic E-state index is 13.1. The third-order valence-electron chi connectivity index (χ3n) is 5.08. The first kappa shape index (κ1) is 19.6. The van der Waals surface area contributed by atoms with Crippen molar-refractivity contribution in [1.82, 2.24) is 9.13 Å². The molecule has 0 aliphatic heterocycles. The number of aromatic nitrogens is 2. The molecule has 0 aliphatic rings. The van der Waals surface area contributed by atoms with Crippen molar-refractivity contribution in [2.75, 3.05) is 5.32 Å². The average molecular weight is 379 g/mol. The van der Waals surface area contributed by atoms with Crippen LogP contribution >= 0.6 is 0 Å². The number of hydrogen-bond donors (Lipinski definition) is 1. The Hall–Kier alpha value is -3.15. The van der Waals surface area contributed by atoms with Gasteiger partial charge in [0.15, 0.2) is 0 Å². The van der Waals surface area contributed by atoms with E-state index in [1.54, 1.807) is 24.3 Å². The van der Waals surface area contributed by atoms with Gasteiger partial charge < -0.3 is 5.32 Å². The van der Waals surface area contributed by atoms with Crippen LogP contribution in [0.15, 0.2) is 52.1 Å². The van der Waals surface area contributed by atoms with Crippen LogP contribution in [-0.4, -0.2) is 15.0 Å². The molecule has 6 nitrogen and oxygen atoms in total. The van der Waals surface area contributed by atoms with Gasteiger partial charge in [-0.05, 0) is 56.5 Å². The van der Waals surface area contributed by atoms with Gasteiger partial charge in [-0.3, -0.25) is 18.7 Å². The number of fused-ring (bicyclic) bond motifs is 1. The summed E-state index contributed by atoms with van der Waals surface area (Å²) in [5.41, 5.74) is 2.38. The minimum Gasteiger partial charge on any atom is -0.324 e. The molecule has 0 saturated heterocycles. The number of benzene rings is 2. The van der Waals surface area contributed by atoms with E-state index in [2.05, 4.69) is 5.32 Å². The summed E-state index contributed by atoms with van der Waals surface area (Å²) in [6, 6.07) is 12.5. The van der Waals surface area contributed by atoms with Crippen molar-refractivity contribution >= 4 is 22.5 Å². The van der Waals surface area contributed by atoms with Gasteiger partial charge in [0.2, 0.25) is 5.91 Å². The van der Waals surface area contributed by atoms with Crippen molar-refractivity contribution in [3.05, 3.63) is 74.4 Å². The van der Waals surface area contributed by atoms with Crippen LogP contribution in [0.4, 0.5) is 5.69 Å². The second kappa shape index (κ2) is 7.84. The van der Waals surface area contributed by atoms with Crippen molar-refractivity contribution < 1.29 is 4.79 Å². The van der Waals surface area contributed by atoms with Crippen molar-refractivity contribution in [2.45, 2.75) is 46.7 Å². The minimum absolute atomic E-state index is 0.163. The molecule has 1 atom stereocenters. The summed E-state index contributed by atoms with van der Waals surface area (Å²) in [4.78, 5) is 38.6. The number of aryl methyl sites for hydroxylation is 2. The number of amides is 1. The molecule has 0 unspecified atom stereocenters. The highest BCUT2D eigenvalue weighted by molar-refractivity contribution is 5.92. The second-order valence-electron chi connectivity index (χ2n) is 7.18. The van der Waals surface area contributed by atoms with E-state index in [1.165, 1.54) is 9.13 Å². The van der Waals surface area contributed by atoms with E-state index in [0.717, 1.165) is 16.8 Å². The van der Waals surface area contributed by atoms with E-state index in [9.17, 15) is 14.4 Å². The van der Waals surface area contributed by atoms with Gasteiger partial charge in [-0.1, -0.05) is 31.2 Å². The molecule has 0 radical (unpaired) electrons. The number of hydrogen-bond acceptors (Lipinski definition) is 3. The van der Waals surface area contributed by atoms with Crippen LogP contribution < -0.4 is 16.6 Å². The Morgan fingerprint density at radius 1 is 1.11 bits per heavy atom. The van der Waals surface area contributed by atoms with E-state index in [4.69, 9.17) is 0 Å². The summed E-state index contributed by atoms with van der Waals surface area (Å²) < 4.78 is 2.62. The maximum absolute atomic E-state index is 13.1. The lowest BCUT2D eigenvalue weighted by Crippen LogP contribution is -2.43. The summed E-state index contributed by atoms with van der Waals surface area (Å²) in [7, 11) is 0. The first-order valence-electron chi connectivity index (χ1n) is 9.44. The van der Waals surface area contributed by atoms with Crippen molar-refractivity contribution in [3.8, 4) is 0 Å². The highest BCUT2D eigenvalue weighted by Gasteiger charge is 2.18. The molecule has 0 aliphatic carbocycles. The van der Waals surface area contributed by atoms with Gasteiger partial charge in [-0.2, -0.15) is 0 Å². The quantitative estimate of drug-likeness (QED) is 0.738. The van der Waals surface area contributed by atoms with Gasteiger partial charge in [-0.25, -0.2) is 4.79 Å². The average Bonchev–Trinajstić information content (AvgIpc) is 2.68. The summed E-state index contributed by atoms with van der Waals surface area (Å²) in [5, 5.41) is 3.32. The maximum Gasteiger partial charge on any atom is 0.332 e. The summed E-state index contributed by atoms with van der Waals surface area (Å²) in [5.74, 6) is -0.310. The fraction of sp³-hybridized carbons (Fsp3) is 0.318. The molecule has 2 aromatic carbocycles. The first-order chi connectivity index (χ1) is 13.3. The Balaban J connectivity index is 2.07. The molecule has 1 heterocycles. The highest BCUT2D eigenvalue weighted by Crippen LogP contribution is 2.17. The van der Waals surface area contributed by atoms with E-state index < -0.39 is 5.69 Å². The fourth-order valence-electron chi connectivity index (χ4n) is 3.27. The molecule has 1 N–H and O–H groups in total. The number of nitrogens with zero attached hydrogens (tertiary/aromatic N) is 2. The molecule has 0 bridgehead atoms. The third kappa shape index (κ3) is 3.63.